The number of halogens is 1. The van der Waals surface area contributed by atoms with E-state index in [0.717, 1.165) is 12.1 Å². The number of aliphatic hydroxyl groups is 1. The number of carbonyl (C=O) groups excluding carboxylic acids is 1. The van der Waals surface area contributed by atoms with Crippen molar-refractivity contribution in [2.45, 2.75) is 32.2 Å². The zero-order valence-electron chi connectivity index (χ0n) is 11.4. The molecule has 1 atom stereocenters. The van der Waals surface area contributed by atoms with E-state index in [4.69, 9.17) is 5.11 Å². The molecule has 0 bridgehead atoms. The summed E-state index contributed by atoms with van der Waals surface area (Å²) in [5.41, 5.74) is -1.45. The maximum Gasteiger partial charge on any atom is 0.285 e. The molecule has 6 nitrogen and oxygen atoms in total. The molecule has 0 aliphatic carbocycles. The summed E-state index contributed by atoms with van der Waals surface area (Å²) < 4.78 is 13.0. The Balaban J connectivity index is 3.06. The highest BCUT2D eigenvalue weighted by atomic mass is 19.1. The number of hydrogen-bond acceptors (Lipinski definition) is 4. The van der Waals surface area contributed by atoms with Crippen molar-refractivity contribution in [1.82, 2.24) is 5.32 Å². The van der Waals surface area contributed by atoms with Crippen LogP contribution in [0.5, 0.6) is 0 Å². The molecule has 20 heavy (non-hydrogen) atoms. The Morgan fingerprint density at radius 1 is 1.55 bits per heavy atom. The zero-order valence-corrected chi connectivity index (χ0v) is 11.4. The molecule has 0 aromatic heterocycles. The lowest BCUT2D eigenvalue weighted by atomic mass is 9.94. The summed E-state index contributed by atoms with van der Waals surface area (Å²) in [5, 5.41) is 22.5. The first-order chi connectivity index (χ1) is 9.33. The van der Waals surface area contributed by atoms with Crippen LogP contribution in [0, 0.1) is 15.9 Å². The largest absolute Gasteiger partial charge is 0.396 e. The summed E-state index contributed by atoms with van der Waals surface area (Å²) in [5.74, 6) is -1.43. The Bertz CT molecular complexity index is 521. The van der Waals surface area contributed by atoms with Crippen LogP contribution in [0.25, 0.3) is 0 Å². The van der Waals surface area contributed by atoms with Gasteiger partial charge in [-0.15, -0.1) is 0 Å². The van der Waals surface area contributed by atoms with Gasteiger partial charge in [-0.25, -0.2) is 4.39 Å². The van der Waals surface area contributed by atoms with Gasteiger partial charge in [-0.3, -0.25) is 14.9 Å². The van der Waals surface area contributed by atoms with Crippen molar-refractivity contribution in [1.29, 1.82) is 0 Å². The van der Waals surface area contributed by atoms with Crippen LogP contribution in [-0.4, -0.2) is 28.1 Å². The van der Waals surface area contributed by atoms with E-state index in [0.29, 0.717) is 18.9 Å². The first kappa shape index (κ1) is 16.0. The van der Waals surface area contributed by atoms with Gasteiger partial charge in [-0.2, -0.15) is 0 Å². The van der Waals surface area contributed by atoms with Crippen LogP contribution in [0.3, 0.4) is 0 Å². The van der Waals surface area contributed by atoms with Gasteiger partial charge in [0.25, 0.3) is 11.6 Å². The molecule has 1 rings (SSSR count). The molecular formula is C13H17FN2O4. The summed E-state index contributed by atoms with van der Waals surface area (Å²) >= 11 is 0. The first-order valence-electron chi connectivity index (χ1n) is 6.20. The average Bonchev–Trinajstić information content (AvgIpc) is 2.38. The molecule has 0 heterocycles. The van der Waals surface area contributed by atoms with E-state index in [1.807, 2.05) is 6.92 Å². The standard InChI is InChI=1S/C13H17FN2O4/c1-3-13(2,6-7-17)15-12(18)10-5-4-9(14)8-11(10)16(19)20/h4-5,8,17H,3,6-7H2,1-2H3,(H,15,18). The zero-order chi connectivity index (χ0) is 15.3. The molecule has 2 N–H and O–H groups in total. The Kier molecular flexibility index (Phi) is 5.15. The van der Waals surface area contributed by atoms with Crippen LogP contribution >= 0.6 is 0 Å². The molecule has 1 unspecified atom stereocenters. The second-order valence-corrected chi connectivity index (χ2v) is 4.76. The maximum absolute atomic E-state index is 13.0. The lowest BCUT2D eigenvalue weighted by molar-refractivity contribution is -0.385. The van der Waals surface area contributed by atoms with Crippen LogP contribution in [-0.2, 0) is 0 Å². The number of amides is 1. The number of carbonyl (C=O) groups is 1. The lowest BCUT2D eigenvalue weighted by Gasteiger charge is -2.28. The lowest BCUT2D eigenvalue weighted by Crippen LogP contribution is -2.46. The Hall–Kier alpha value is -2.02. The van der Waals surface area contributed by atoms with Gasteiger partial charge in [0.15, 0.2) is 0 Å². The third-order valence-electron chi connectivity index (χ3n) is 3.26. The number of aliphatic hydroxyl groups excluding tert-OH is 1. The number of nitro groups is 1. The van der Waals surface area contributed by atoms with E-state index >= 15 is 0 Å². The van der Waals surface area contributed by atoms with E-state index < -0.39 is 27.9 Å². The van der Waals surface area contributed by atoms with Gasteiger partial charge >= 0.3 is 0 Å². The molecule has 0 spiro atoms. The monoisotopic (exact) mass is 284 g/mol. The predicted octanol–water partition coefficient (Wildman–Crippen LogP) is 2.01. The molecule has 7 heteroatoms. The van der Waals surface area contributed by atoms with Crippen molar-refractivity contribution >= 4 is 11.6 Å². The van der Waals surface area contributed by atoms with E-state index in [-0.39, 0.29) is 12.2 Å². The molecule has 110 valence electrons. The van der Waals surface area contributed by atoms with Gasteiger partial charge in [0.2, 0.25) is 0 Å². The van der Waals surface area contributed by atoms with Gasteiger partial charge in [-0.05, 0) is 31.9 Å². The number of hydrogen-bond donors (Lipinski definition) is 2. The topological polar surface area (TPSA) is 92.5 Å². The normalized spacial score (nSPS) is 13.6. The minimum Gasteiger partial charge on any atom is -0.396 e. The average molecular weight is 284 g/mol. The van der Waals surface area contributed by atoms with Gasteiger partial charge in [-0.1, -0.05) is 6.92 Å². The van der Waals surface area contributed by atoms with E-state index in [9.17, 15) is 19.3 Å². The molecule has 1 aromatic carbocycles. The highest BCUT2D eigenvalue weighted by Gasteiger charge is 2.28. The predicted molar refractivity (Wildman–Crippen MR) is 70.9 cm³/mol. The fourth-order valence-corrected chi connectivity index (χ4v) is 1.76. The van der Waals surface area contributed by atoms with Crippen LogP contribution in [0.2, 0.25) is 0 Å². The summed E-state index contributed by atoms with van der Waals surface area (Å²) in [4.78, 5) is 22.2. The van der Waals surface area contributed by atoms with Crippen molar-refractivity contribution in [2.24, 2.45) is 0 Å². The maximum atomic E-state index is 13.0. The summed E-state index contributed by atoms with van der Waals surface area (Å²) in [6.07, 6.45) is 0.874. The van der Waals surface area contributed by atoms with Crippen LogP contribution < -0.4 is 5.32 Å². The highest BCUT2D eigenvalue weighted by molar-refractivity contribution is 5.98. The van der Waals surface area contributed by atoms with Crippen molar-refractivity contribution in [2.75, 3.05) is 6.61 Å². The van der Waals surface area contributed by atoms with Gasteiger partial charge in [0, 0.05) is 12.1 Å². The summed E-state index contributed by atoms with van der Waals surface area (Å²) in [6, 6.07) is 2.79. The number of nitrogens with one attached hydrogen (secondary N) is 1. The fourth-order valence-electron chi connectivity index (χ4n) is 1.76. The molecular weight excluding hydrogens is 267 g/mol. The minimum atomic E-state index is -0.798. The molecule has 0 saturated heterocycles. The Morgan fingerprint density at radius 2 is 2.20 bits per heavy atom. The second kappa shape index (κ2) is 6.42. The van der Waals surface area contributed by atoms with Crippen molar-refractivity contribution in [3.63, 3.8) is 0 Å². The van der Waals surface area contributed by atoms with Crippen LogP contribution in [0.1, 0.15) is 37.0 Å². The Labute approximate surface area is 115 Å². The SMILES string of the molecule is CCC(C)(CCO)NC(=O)c1ccc(F)cc1[N+](=O)[O-]. The molecule has 0 fully saturated rings. The molecule has 1 aromatic rings. The summed E-state index contributed by atoms with van der Waals surface area (Å²) in [7, 11) is 0. The molecule has 0 aliphatic heterocycles. The highest BCUT2D eigenvalue weighted by Crippen LogP contribution is 2.22. The van der Waals surface area contributed by atoms with E-state index in [1.54, 1.807) is 6.92 Å². The Morgan fingerprint density at radius 3 is 2.70 bits per heavy atom. The first-order valence-corrected chi connectivity index (χ1v) is 6.20. The third-order valence-corrected chi connectivity index (χ3v) is 3.26. The van der Waals surface area contributed by atoms with Crippen molar-refractivity contribution in [3.05, 3.63) is 39.7 Å². The van der Waals surface area contributed by atoms with Crippen molar-refractivity contribution < 1.29 is 19.2 Å². The number of rotatable bonds is 6. The number of benzene rings is 1. The smallest absolute Gasteiger partial charge is 0.285 e. The third kappa shape index (κ3) is 3.74. The second-order valence-electron chi connectivity index (χ2n) is 4.76. The minimum absolute atomic E-state index is 0.115. The number of nitro benzene ring substituents is 1. The van der Waals surface area contributed by atoms with Gasteiger partial charge < -0.3 is 10.4 Å². The number of nitrogens with zero attached hydrogens (tertiary/aromatic N) is 1. The molecule has 0 radical (unpaired) electrons. The van der Waals surface area contributed by atoms with Crippen molar-refractivity contribution in [3.8, 4) is 0 Å². The summed E-state index contributed by atoms with van der Waals surface area (Å²) in [6.45, 7) is 3.45. The fraction of sp³-hybridized carbons (Fsp3) is 0.462. The van der Waals surface area contributed by atoms with Gasteiger partial charge in [0.05, 0.1) is 11.0 Å². The van der Waals surface area contributed by atoms with E-state index in [2.05, 4.69) is 5.32 Å². The van der Waals surface area contributed by atoms with Gasteiger partial charge in [0.1, 0.15) is 11.4 Å². The molecule has 1 amide bonds. The molecule has 0 aliphatic rings. The van der Waals surface area contributed by atoms with Crippen LogP contribution in [0.15, 0.2) is 18.2 Å². The molecule has 0 saturated carbocycles. The quantitative estimate of drug-likeness (QED) is 0.617. The van der Waals surface area contributed by atoms with Crippen LogP contribution in [0.4, 0.5) is 10.1 Å². The van der Waals surface area contributed by atoms with E-state index in [1.165, 1.54) is 0 Å².